The average molecular weight is 398 g/mol. The summed E-state index contributed by atoms with van der Waals surface area (Å²) in [4.78, 5) is 2.35. The molecule has 0 bridgehead atoms. The first kappa shape index (κ1) is 22.3. The smallest absolute Gasteiger partial charge is 0.211 e. The first-order chi connectivity index (χ1) is 12.8. The van der Waals surface area contributed by atoms with Gasteiger partial charge in [0, 0.05) is 45.9 Å². The Hall–Kier alpha value is -0.990. The molecule has 27 heavy (non-hydrogen) atoms. The Labute approximate surface area is 164 Å². The fourth-order valence-corrected chi connectivity index (χ4v) is 4.14. The largest absolute Gasteiger partial charge is 0.381 e. The summed E-state index contributed by atoms with van der Waals surface area (Å²) in [7, 11) is -3.10. The second-order valence-electron chi connectivity index (χ2n) is 7.78. The third kappa shape index (κ3) is 7.50. The molecular formula is C20H35N3O3S. The SMILES string of the molecule is Cc1ccccc1CNC(CCOCC(C)C)N1CCN(S(C)(=O)=O)CC1. The van der Waals surface area contributed by atoms with Crippen molar-refractivity contribution in [3.8, 4) is 0 Å². The molecule has 1 aromatic carbocycles. The number of nitrogens with one attached hydrogen (secondary N) is 1. The van der Waals surface area contributed by atoms with Gasteiger partial charge in [-0.1, -0.05) is 38.1 Å². The third-order valence-electron chi connectivity index (χ3n) is 4.96. The van der Waals surface area contributed by atoms with Gasteiger partial charge >= 0.3 is 0 Å². The Balaban J connectivity index is 1.94. The highest BCUT2D eigenvalue weighted by Gasteiger charge is 2.27. The molecule has 154 valence electrons. The van der Waals surface area contributed by atoms with Crippen LogP contribution in [-0.4, -0.2) is 69.4 Å². The molecule has 0 aliphatic carbocycles. The maximum atomic E-state index is 11.8. The van der Waals surface area contributed by atoms with Gasteiger partial charge < -0.3 is 4.74 Å². The fourth-order valence-electron chi connectivity index (χ4n) is 3.31. The van der Waals surface area contributed by atoms with Gasteiger partial charge in [-0.2, -0.15) is 4.31 Å². The highest BCUT2D eigenvalue weighted by molar-refractivity contribution is 7.88. The molecule has 0 aromatic heterocycles. The zero-order chi connectivity index (χ0) is 19.9. The number of ether oxygens (including phenoxy) is 1. The van der Waals surface area contributed by atoms with Gasteiger partial charge in [0.25, 0.3) is 0 Å². The second kappa shape index (κ2) is 10.5. The summed E-state index contributed by atoms with van der Waals surface area (Å²) in [6, 6.07) is 8.40. The average Bonchev–Trinajstić information content (AvgIpc) is 2.61. The lowest BCUT2D eigenvalue weighted by atomic mass is 10.1. The van der Waals surface area contributed by atoms with Gasteiger partial charge in [-0.15, -0.1) is 0 Å². The minimum Gasteiger partial charge on any atom is -0.381 e. The van der Waals surface area contributed by atoms with Crippen molar-refractivity contribution >= 4 is 10.0 Å². The van der Waals surface area contributed by atoms with E-state index in [9.17, 15) is 8.42 Å². The predicted molar refractivity (Wildman–Crippen MR) is 110 cm³/mol. The lowest BCUT2D eigenvalue weighted by Crippen LogP contribution is -2.55. The Morgan fingerprint density at radius 2 is 1.81 bits per heavy atom. The molecule has 1 aromatic rings. The van der Waals surface area contributed by atoms with Crippen LogP contribution in [0.5, 0.6) is 0 Å². The van der Waals surface area contributed by atoms with Crippen molar-refractivity contribution in [3.05, 3.63) is 35.4 Å². The quantitative estimate of drug-likeness (QED) is 0.612. The van der Waals surface area contributed by atoms with E-state index in [1.807, 2.05) is 0 Å². The molecule has 1 saturated heterocycles. The summed E-state index contributed by atoms with van der Waals surface area (Å²) in [6.45, 7) is 11.3. The van der Waals surface area contributed by atoms with Crippen LogP contribution in [0.1, 0.15) is 31.4 Å². The minimum absolute atomic E-state index is 0.179. The van der Waals surface area contributed by atoms with Crippen molar-refractivity contribution in [2.45, 2.75) is 39.9 Å². The van der Waals surface area contributed by atoms with E-state index in [0.29, 0.717) is 25.6 Å². The van der Waals surface area contributed by atoms with E-state index in [0.717, 1.165) is 32.7 Å². The molecule has 0 saturated carbocycles. The van der Waals surface area contributed by atoms with E-state index in [-0.39, 0.29) is 6.17 Å². The van der Waals surface area contributed by atoms with Crippen molar-refractivity contribution in [2.75, 3.05) is 45.6 Å². The topological polar surface area (TPSA) is 61.9 Å². The Bertz CT molecular complexity index is 671. The molecule has 1 atom stereocenters. The summed E-state index contributed by atoms with van der Waals surface area (Å²) >= 11 is 0. The summed E-state index contributed by atoms with van der Waals surface area (Å²) < 4.78 is 30.9. The molecule has 1 aliphatic rings. The first-order valence-corrected chi connectivity index (χ1v) is 11.7. The molecule has 7 heteroatoms. The van der Waals surface area contributed by atoms with E-state index >= 15 is 0 Å². The molecule has 1 unspecified atom stereocenters. The van der Waals surface area contributed by atoms with Gasteiger partial charge in [-0.25, -0.2) is 8.42 Å². The number of rotatable bonds is 10. The van der Waals surface area contributed by atoms with E-state index in [1.165, 1.54) is 17.4 Å². The van der Waals surface area contributed by atoms with Crippen molar-refractivity contribution < 1.29 is 13.2 Å². The molecular weight excluding hydrogens is 362 g/mol. The van der Waals surface area contributed by atoms with Crippen LogP contribution in [0.25, 0.3) is 0 Å². The maximum absolute atomic E-state index is 11.8. The van der Waals surface area contributed by atoms with Crippen LogP contribution in [0, 0.1) is 12.8 Å². The highest BCUT2D eigenvalue weighted by atomic mass is 32.2. The van der Waals surface area contributed by atoms with E-state index in [2.05, 4.69) is 55.3 Å². The van der Waals surface area contributed by atoms with E-state index in [4.69, 9.17) is 4.74 Å². The number of sulfonamides is 1. The van der Waals surface area contributed by atoms with E-state index in [1.54, 1.807) is 4.31 Å². The van der Waals surface area contributed by atoms with Crippen LogP contribution in [-0.2, 0) is 21.3 Å². The number of hydrogen-bond donors (Lipinski definition) is 1. The zero-order valence-corrected chi connectivity index (χ0v) is 18.0. The van der Waals surface area contributed by atoms with Gasteiger partial charge in [0.2, 0.25) is 10.0 Å². The number of aryl methyl sites for hydroxylation is 1. The van der Waals surface area contributed by atoms with Crippen LogP contribution in [0.3, 0.4) is 0 Å². The van der Waals surface area contributed by atoms with Crippen LogP contribution >= 0.6 is 0 Å². The van der Waals surface area contributed by atoms with Crippen LogP contribution in [0.2, 0.25) is 0 Å². The summed E-state index contributed by atoms with van der Waals surface area (Å²) in [5.41, 5.74) is 2.57. The number of hydrogen-bond acceptors (Lipinski definition) is 5. The third-order valence-corrected chi connectivity index (χ3v) is 6.26. The number of nitrogens with zero attached hydrogens (tertiary/aromatic N) is 2. The molecule has 0 spiro atoms. The summed E-state index contributed by atoms with van der Waals surface area (Å²) in [5.74, 6) is 0.529. The molecule has 2 rings (SSSR count). The van der Waals surface area contributed by atoms with Crippen LogP contribution in [0.15, 0.2) is 24.3 Å². The van der Waals surface area contributed by atoms with Crippen molar-refractivity contribution in [2.24, 2.45) is 5.92 Å². The molecule has 1 N–H and O–H groups in total. The van der Waals surface area contributed by atoms with Crippen LogP contribution in [0.4, 0.5) is 0 Å². The number of benzene rings is 1. The molecule has 1 fully saturated rings. The standard InChI is InChI=1S/C20H35N3O3S/c1-17(2)16-26-14-9-20(21-15-19-8-6-5-7-18(19)3)22-10-12-23(13-11-22)27(4,24)25/h5-8,17,20-21H,9-16H2,1-4H3. The summed E-state index contributed by atoms with van der Waals surface area (Å²) in [5, 5.41) is 3.67. The molecule has 6 nitrogen and oxygen atoms in total. The molecule has 1 heterocycles. The number of piperazine rings is 1. The van der Waals surface area contributed by atoms with Gasteiger partial charge in [0.1, 0.15) is 0 Å². The van der Waals surface area contributed by atoms with Crippen molar-refractivity contribution in [1.29, 1.82) is 0 Å². The maximum Gasteiger partial charge on any atom is 0.211 e. The summed E-state index contributed by atoms with van der Waals surface area (Å²) in [6.07, 6.45) is 2.35. The molecule has 0 radical (unpaired) electrons. The van der Waals surface area contributed by atoms with Gasteiger partial charge in [0.05, 0.1) is 12.4 Å². The van der Waals surface area contributed by atoms with Crippen LogP contribution < -0.4 is 5.32 Å². The highest BCUT2D eigenvalue weighted by Crippen LogP contribution is 2.13. The van der Waals surface area contributed by atoms with Crippen molar-refractivity contribution in [3.63, 3.8) is 0 Å². The zero-order valence-electron chi connectivity index (χ0n) is 17.1. The monoisotopic (exact) mass is 397 g/mol. The van der Waals surface area contributed by atoms with Crippen molar-refractivity contribution in [1.82, 2.24) is 14.5 Å². The van der Waals surface area contributed by atoms with Gasteiger partial charge in [-0.3, -0.25) is 10.2 Å². The normalized spacial score (nSPS) is 18.1. The lowest BCUT2D eigenvalue weighted by Gasteiger charge is -2.38. The molecule has 1 aliphatic heterocycles. The minimum atomic E-state index is -3.10. The Morgan fingerprint density at radius 3 is 2.41 bits per heavy atom. The second-order valence-corrected chi connectivity index (χ2v) is 9.76. The lowest BCUT2D eigenvalue weighted by molar-refractivity contribution is 0.0580. The van der Waals surface area contributed by atoms with Gasteiger partial charge in [0.15, 0.2) is 0 Å². The Kier molecular flexibility index (Phi) is 8.69. The molecule has 0 amide bonds. The van der Waals surface area contributed by atoms with E-state index < -0.39 is 10.0 Å². The van der Waals surface area contributed by atoms with Gasteiger partial charge in [-0.05, 0) is 30.4 Å². The Morgan fingerprint density at radius 1 is 1.15 bits per heavy atom. The first-order valence-electron chi connectivity index (χ1n) is 9.82. The fraction of sp³-hybridized carbons (Fsp3) is 0.700. The predicted octanol–water partition coefficient (Wildman–Crippen LogP) is 2.05.